The van der Waals surface area contributed by atoms with E-state index in [0.29, 0.717) is 30.3 Å². The second-order valence-corrected chi connectivity index (χ2v) is 7.90. The molecule has 6 heteroatoms. The van der Waals surface area contributed by atoms with Crippen molar-refractivity contribution in [3.05, 3.63) is 84.2 Å². The van der Waals surface area contributed by atoms with Crippen molar-refractivity contribution in [2.24, 2.45) is 0 Å². The number of ether oxygens (including phenoxy) is 1. The Hall–Kier alpha value is -3.51. The second kappa shape index (κ2) is 7.96. The molecule has 0 saturated carbocycles. The summed E-state index contributed by atoms with van der Waals surface area (Å²) in [4.78, 5) is 27.3. The van der Waals surface area contributed by atoms with E-state index in [9.17, 15) is 4.79 Å². The number of rotatable bonds is 4. The van der Waals surface area contributed by atoms with Crippen LogP contribution in [-0.2, 0) is 10.3 Å². The number of H-pyrrole nitrogens is 1. The molecule has 0 spiro atoms. The number of aromatic nitrogens is 3. The number of nitrogens with zero attached hydrogens (tertiary/aromatic N) is 3. The van der Waals surface area contributed by atoms with Crippen LogP contribution >= 0.6 is 0 Å². The molecule has 1 N–H and O–H groups in total. The molecule has 0 aliphatic carbocycles. The molecule has 6 nitrogen and oxygen atoms in total. The molecule has 1 aliphatic heterocycles. The van der Waals surface area contributed by atoms with Crippen LogP contribution in [0.5, 0.6) is 0 Å². The van der Waals surface area contributed by atoms with Crippen LogP contribution in [0.2, 0.25) is 0 Å². The molecule has 0 radical (unpaired) electrons. The number of fused-ring (bicyclic) bond motifs is 1. The van der Waals surface area contributed by atoms with Crippen LogP contribution in [0.25, 0.3) is 22.4 Å². The molecular formula is C25H24N4O2. The maximum absolute atomic E-state index is 13.2. The van der Waals surface area contributed by atoms with Crippen molar-refractivity contribution in [1.82, 2.24) is 19.9 Å². The van der Waals surface area contributed by atoms with Crippen molar-refractivity contribution in [2.45, 2.75) is 18.4 Å². The fourth-order valence-corrected chi connectivity index (χ4v) is 4.35. The normalized spacial score (nSPS) is 15.8. The SMILES string of the molecule is COC1(c2ccccc2)CCN(C(=O)c2cc3cnc(-c4ccccc4)nc3[nH]2)CC1. The summed E-state index contributed by atoms with van der Waals surface area (Å²) in [6.45, 7) is 1.27. The fraction of sp³-hybridized carbons (Fsp3) is 0.240. The van der Waals surface area contributed by atoms with Crippen molar-refractivity contribution < 1.29 is 9.53 Å². The van der Waals surface area contributed by atoms with Gasteiger partial charge in [0, 0.05) is 37.3 Å². The number of nitrogens with one attached hydrogen (secondary N) is 1. The molecule has 0 bridgehead atoms. The largest absolute Gasteiger partial charge is 0.373 e. The lowest BCUT2D eigenvalue weighted by Gasteiger charge is -2.41. The average Bonchev–Trinajstić information content (AvgIpc) is 3.28. The van der Waals surface area contributed by atoms with Gasteiger partial charge in [0.15, 0.2) is 5.82 Å². The van der Waals surface area contributed by atoms with Crippen LogP contribution in [-0.4, -0.2) is 46.0 Å². The highest BCUT2D eigenvalue weighted by Crippen LogP contribution is 2.36. The van der Waals surface area contributed by atoms with Gasteiger partial charge >= 0.3 is 0 Å². The van der Waals surface area contributed by atoms with Gasteiger partial charge in [-0.1, -0.05) is 60.7 Å². The molecule has 31 heavy (non-hydrogen) atoms. The highest BCUT2D eigenvalue weighted by Gasteiger charge is 2.37. The smallest absolute Gasteiger partial charge is 0.270 e. The third-order valence-corrected chi connectivity index (χ3v) is 6.18. The van der Waals surface area contributed by atoms with E-state index in [0.717, 1.165) is 23.8 Å². The number of hydrogen-bond acceptors (Lipinski definition) is 4. The minimum absolute atomic E-state index is 0.0166. The van der Waals surface area contributed by atoms with Crippen molar-refractivity contribution in [1.29, 1.82) is 0 Å². The molecule has 4 aromatic rings. The molecule has 2 aromatic heterocycles. The second-order valence-electron chi connectivity index (χ2n) is 7.90. The lowest BCUT2D eigenvalue weighted by Crippen LogP contribution is -2.46. The van der Waals surface area contributed by atoms with E-state index in [4.69, 9.17) is 4.74 Å². The highest BCUT2D eigenvalue weighted by atomic mass is 16.5. The van der Waals surface area contributed by atoms with Gasteiger partial charge in [0.2, 0.25) is 0 Å². The van der Waals surface area contributed by atoms with E-state index < -0.39 is 0 Å². The Morgan fingerprint density at radius 1 is 1.03 bits per heavy atom. The molecule has 5 rings (SSSR count). The maximum Gasteiger partial charge on any atom is 0.270 e. The zero-order valence-electron chi connectivity index (χ0n) is 17.4. The van der Waals surface area contributed by atoms with E-state index >= 15 is 0 Å². The molecule has 0 atom stereocenters. The third-order valence-electron chi connectivity index (χ3n) is 6.18. The van der Waals surface area contributed by atoms with Crippen LogP contribution in [0.15, 0.2) is 72.9 Å². The molecule has 1 fully saturated rings. The van der Waals surface area contributed by atoms with Crippen LogP contribution in [0.3, 0.4) is 0 Å². The quantitative estimate of drug-likeness (QED) is 0.539. The van der Waals surface area contributed by atoms with E-state index in [1.807, 2.05) is 59.5 Å². The summed E-state index contributed by atoms with van der Waals surface area (Å²) in [6, 6.07) is 21.9. The van der Waals surface area contributed by atoms with Crippen molar-refractivity contribution in [2.75, 3.05) is 20.2 Å². The lowest BCUT2D eigenvalue weighted by molar-refractivity contribution is -0.0575. The first-order chi connectivity index (χ1) is 15.2. The first-order valence-corrected chi connectivity index (χ1v) is 10.5. The fourth-order valence-electron chi connectivity index (χ4n) is 4.35. The Morgan fingerprint density at radius 2 is 1.71 bits per heavy atom. The zero-order chi connectivity index (χ0) is 21.3. The number of likely N-dealkylation sites (tertiary alicyclic amines) is 1. The van der Waals surface area contributed by atoms with Crippen LogP contribution in [0.4, 0.5) is 0 Å². The van der Waals surface area contributed by atoms with Gasteiger partial charge in [-0.15, -0.1) is 0 Å². The summed E-state index contributed by atoms with van der Waals surface area (Å²) >= 11 is 0. The predicted molar refractivity (Wildman–Crippen MR) is 120 cm³/mol. The molecular weight excluding hydrogens is 388 g/mol. The number of benzene rings is 2. The van der Waals surface area contributed by atoms with Gasteiger partial charge in [0.05, 0.1) is 5.60 Å². The minimum Gasteiger partial charge on any atom is -0.373 e. The van der Waals surface area contributed by atoms with E-state index in [1.54, 1.807) is 13.3 Å². The summed E-state index contributed by atoms with van der Waals surface area (Å²) < 4.78 is 5.94. The van der Waals surface area contributed by atoms with Gasteiger partial charge < -0.3 is 14.6 Å². The van der Waals surface area contributed by atoms with Crippen LogP contribution in [0.1, 0.15) is 28.9 Å². The van der Waals surface area contributed by atoms with Crippen LogP contribution in [0, 0.1) is 0 Å². The summed E-state index contributed by atoms with van der Waals surface area (Å²) in [7, 11) is 1.76. The topological polar surface area (TPSA) is 71.1 Å². The van der Waals surface area contributed by atoms with E-state index in [1.165, 1.54) is 5.56 Å². The number of carbonyl (C=O) groups is 1. The molecule has 1 aliphatic rings. The van der Waals surface area contributed by atoms with Gasteiger partial charge in [-0.25, -0.2) is 9.97 Å². The maximum atomic E-state index is 13.2. The molecule has 0 unspecified atom stereocenters. The molecule has 2 aromatic carbocycles. The molecule has 3 heterocycles. The Kier molecular flexibility index (Phi) is 5.00. The summed E-state index contributed by atoms with van der Waals surface area (Å²) in [5.74, 6) is 0.622. The van der Waals surface area contributed by atoms with Gasteiger partial charge in [0.1, 0.15) is 11.3 Å². The predicted octanol–water partition coefficient (Wildman–Crippen LogP) is 4.40. The van der Waals surface area contributed by atoms with Crippen molar-refractivity contribution >= 4 is 16.9 Å². The molecule has 1 saturated heterocycles. The Labute approximate surface area is 180 Å². The average molecular weight is 412 g/mol. The number of piperidine rings is 1. The third kappa shape index (κ3) is 3.59. The minimum atomic E-state index is -0.339. The van der Waals surface area contributed by atoms with Crippen molar-refractivity contribution in [3.8, 4) is 11.4 Å². The molecule has 1 amide bonds. The Morgan fingerprint density at radius 3 is 2.39 bits per heavy atom. The molecule has 156 valence electrons. The Balaban J connectivity index is 1.35. The number of methoxy groups -OCH3 is 1. The van der Waals surface area contributed by atoms with E-state index in [2.05, 4.69) is 27.1 Å². The van der Waals surface area contributed by atoms with Gasteiger partial charge in [-0.05, 0) is 24.5 Å². The number of amides is 1. The monoisotopic (exact) mass is 412 g/mol. The van der Waals surface area contributed by atoms with Gasteiger partial charge in [0.25, 0.3) is 5.91 Å². The zero-order valence-corrected chi connectivity index (χ0v) is 17.4. The summed E-state index contributed by atoms with van der Waals surface area (Å²) in [5.41, 5.74) is 2.98. The first-order valence-electron chi connectivity index (χ1n) is 10.5. The van der Waals surface area contributed by atoms with Crippen LogP contribution < -0.4 is 0 Å². The van der Waals surface area contributed by atoms with Crippen molar-refractivity contribution in [3.63, 3.8) is 0 Å². The first kappa shape index (κ1) is 19.5. The summed E-state index contributed by atoms with van der Waals surface area (Å²) in [6.07, 6.45) is 3.29. The van der Waals surface area contributed by atoms with Gasteiger partial charge in [-0.3, -0.25) is 4.79 Å². The lowest BCUT2D eigenvalue weighted by atomic mass is 9.84. The standard InChI is InChI=1S/C25H24N4O2/c1-31-25(20-10-6-3-7-11-20)12-14-29(15-13-25)24(30)21-16-19-17-26-22(28-23(19)27-21)18-8-4-2-5-9-18/h2-11,16-17H,12-15H2,1H3,(H,26,27,28). The van der Waals surface area contributed by atoms with Gasteiger partial charge in [-0.2, -0.15) is 0 Å². The number of carbonyl (C=O) groups excluding carboxylic acids is 1. The highest BCUT2D eigenvalue weighted by molar-refractivity contribution is 5.97. The number of aromatic amines is 1. The van der Waals surface area contributed by atoms with E-state index in [-0.39, 0.29) is 11.5 Å². The summed E-state index contributed by atoms with van der Waals surface area (Å²) in [5, 5.41) is 0.829. The Bertz CT molecular complexity index is 1200. The number of hydrogen-bond donors (Lipinski definition) is 1.